The third-order valence-corrected chi connectivity index (χ3v) is 27.5. The van der Waals surface area contributed by atoms with Crippen LogP contribution >= 0.6 is 0 Å². The predicted octanol–water partition coefficient (Wildman–Crippen LogP) is 8.60. The minimum Gasteiger partial charge on any atom is -0.434 e. The molecule has 26 heteroatoms. The molecule has 0 N–H and O–H groups in total. The molecule has 4 aliphatic carbocycles. The number of carbonyl (C=O) groups excluding carboxylic acids is 4. The van der Waals surface area contributed by atoms with Crippen LogP contribution in [0, 0.1) is 94.7 Å². The molecule has 0 amide bonds. The van der Waals surface area contributed by atoms with Crippen molar-refractivity contribution in [3.05, 3.63) is 0 Å². The molecule has 26 nitrogen and oxygen atoms in total. The lowest BCUT2D eigenvalue weighted by Gasteiger charge is -2.60. The van der Waals surface area contributed by atoms with Crippen molar-refractivity contribution in [1.29, 1.82) is 0 Å². The number of hydrogen-bond donors (Lipinski definition) is 0. The standard InChI is InChI=1S/C70H104N2O24/c1-35-13-17-47-39(5)55(81-59-67(47)43(35)21-25-63(9,85-59)89-93-67)77-51(73)31-71(32-52(74)78-56-40(6)48-18-14-36(2)44-22-26-64(10)86-60(82-56)68(44,48)94-90-64)29-30-72(33-53(75)79-57-41(7)49-19-15-37(3)45-23-27-65(11)87-61(83-57)69(45,49)95-91-65)34-54(76)80-58-42(8)50-20-16-38(4)46-24-28-66(12)88-62(84-58)70(46,50)96-92-66/h35-50,55-62H,13-34H2,1-12H3/t35-,36-,37-,38-,39-,40-,41-,42-,43+,44+,45+,46+,47+,48+,49+,50+,55?,56?,57?,58?,59-,60-,61-,62-,63-,64-,65+,66+,67-,68-,69-,70-/m1/s1. The van der Waals surface area contributed by atoms with Gasteiger partial charge in [0.05, 0.1) is 26.2 Å². The van der Waals surface area contributed by atoms with Crippen molar-refractivity contribution < 1.29 is 115 Å². The molecule has 4 saturated carbocycles. The third kappa shape index (κ3) is 10.8. The van der Waals surface area contributed by atoms with Crippen molar-refractivity contribution >= 4 is 23.9 Å². The van der Waals surface area contributed by atoms with Crippen LogP contribution in [-0.2, 0) is 115 Å². The summed E-state index contributed by atoms with van der Waals surface area (Å²) in [7, 11) is 0. The lowest BCUT2D eigenvalue weighted by molar-refractivity contribution is -0.576. The SMILES string of the molecule is C[C@@H]1CC[C@H]2[C@@H](C)C(OC(=O)CN(CCN(CC(=O)OC3O[C@@H]4O[C@]5(C)CC[C@H]6[C@H](C)CC[C@@H]([C@H]3C)[C@@]46OO5)CC(=O)OC3O[C@@H]4O[C@]5(C)CC[C@H]6[C@H](C)CC[C@@H]([C@H]3C)[C@@]46OO5)CC(=O)OC3O[C@@H]4O[C@@]5(C)CC[C@H]6[C@H](C)CC[C@@H]([C@H]3C)[C@@]46OO5)O[C@@H]3O[C@@]4(C)CC[C@@H]1[C@]32OO4. The Kier molecular flexibility index (Phi) is 17.2. The average Bonchev–Trinajstić information content (AvgIpc) is 1.35. The van der Waals surface area contributed by atoms with Gasteiger partial charge in [0.2, 0.25) is 48.3 Å². The Hall–Kier alpha value is -2.84. The summed E-state index contributed by atoms with van der Waals surface area (Å²) in [5.74, 6) is -7.33. The molecule has 4 unspecified atom stereocenters. The van der Waals surface area contributed by atoms with Gasteiger partial charge in [-0.25, -0.2) is 39.1 Å². The van der Waals surface area contributed by atoms with Gasteiger partial charge < -0.3 is 56.8 Å². The van der Waals surface area contributed by atoms with Gasteiger partial charge in [-0.3, -0.25) is 29.0 Å². The van der Waals surface area contributed by atoms with Crippen LogP contribution in [0.25, 0.3) is 0 Å². The van der Waals surface area contributed by atoms with E-state index in [1.54, 1.807) is 9.80 Å². The fourth-order valence-electron chi connectivity index (χ4n) is 22.1. The van der Waals surface area contributed by atoms with Crippen molar-refractivity contribution in [3.8, 4) is 0 Å². The van der Waals surface area contributed by atoms with E-state index in [2.05, 4.69) is 27.7 Å². The van der Waals surface area contributed by atoms with Gasteiger partial charge in [0, 0.05) is 86.1 Å². The summed E-state index contributed by atoms with van der Waals surface area (Å²) >= 11 is 0. The van der Waals surface area contributed by atoms with Gasteiger partial charge in [0.25, 0.3) is 0 Å². The van der Waals surface area contributed by atoms with Crippen molar-refractivity contribution in [2.75, 3.05) is 39.3 Å². The highest BCUT2D eigenvalue weighted by Gasteiger charge is 2.75. The first kappa shape index (κ1) is 67.6. The zero-order chi connectivity index (χ0) is 67.0. The Morgan fingerprint density at radius 2 is 0.531 bits per heavy atom. The minimum atomic E-state index is -1.06. The fourth-order valence-corrected chi connectivity index (χ4v) is 22.1. The van der Waals surface area contributed by atoms with Crippen LogP contribution < -0.4 is 0 Å². The van der Waals surface area contributed by atoms with E-state index in [9.17, 15) is 19.2 Å². The summed E-state index contributed by atoms with van der Waals surface area (Å²) in [6.45, 7) is 22.4. The summed E-state index contributed by atoms with van der Waals surface area (Å²) in [6, 6.07) is 0. The van der Waals surface area contributed by atoms with E-state index in [1.165, 1.54) is 0 Å². The smallest absolute Gasteiger partial charge is 0.322 e. The van der Waals surface area contributed by atoms with Crippen molar-refractivity contribution in [3.63, 3.8) is 0 Å². The molecule has 0 radical (unpaired) electrons. The zero-order valence-electron chi connectivity index (χ0n) is 58.1. The Morgan fingerprint density at radius 1 is 0.312 bits per heavy atom. The number of esters is 4. The van der Waals surface area contributed by atoms with Gasteiger partial charge in [0.1, 0.15) is 0 Å². The molecule has 0 aromatic rings. The number of fused-ring (bicyclic) bond motifs is 8. The first-order valence-corrected chi connectivity index (χ1v) is 36.7. The first-order valence-electron chi connectivity index (χ1n) is 36.7. The maximum absolute atomic E-state index is 14.9. The molecule has 20 rings (SSSR count). The number of rotatable bonds is 15. The molecule has 0 aromatic carbocycles. The van der Waals surface area contributed by atoms with Crippen molar-refractivity contribution in [1.82, 2.24) is 9.80 Å². The van der Waals surface area contributed by atoms with E-state index in [4.69, 9.17) is 95.9 Å². The van der Waals surface area contributed by atoms with E-state index in [1.807, 2.05) is 55.4 Å². The van der Waals surface area contributed by atoms with Crippen LogP contribution in [0.5, 0.6) is 0 Å². The van der Waals surface area contributed by atoms with E-state index in [0.29, 0.717) is 49.4 Å². The zero-order valence-corrected chi connectivity index (χ0v) is 58.1. The first-order chi connectivity index (χ1) is 45.7. The molecule has 20 fully saturated rings. The van der Waals surface area contributed by atoms with Gasteiger partial charge in [-0.1, -0.05) is 55.4 Å². The van der Waals surface area contributed by atoms with Crippen molar-refractivity contribution in [2.45, 2.75) is 282 Å². The molecular formula is C70H104N2O24. The van der Waals surface area contributed by atoms with Gasteiger partial charge >= 0.3 is 23.9 Å². The number of carbonyl (C=O) groups is 4. The van der Waals surface area contributed by atoms with E-state index < -0.39 is 146 Å². The van der Waals surface area contributed by atoms with E-state index in [0.717, 1.165) is 77.0 Å². The quantitative estimate of drug-likeness (QED) is 0.0844. The Bertz CT molecular complexity index is 2610. The number of hydrogen-bond acceptors (Lipinski definition) is 26. The predicted molar refractivity (Wildman–Crippen MR) is 325 cm³/mol. The maximum Gasteiger partial charge on any atom is 0.322 e. The van der Waals surface area contributed by atoms with Crippen LogP contribution in [0.15, 0.2) is 0 Å². The molecule has 32 atom stereocenters. The van der Waals surface area contributed by atoms with Crippen LogP contribution in [0.2, 0.25) is 0 Å². The highest BCUT2D eigenvalue weighted by Crippen LogP contribution is 2.66. The Balaban J connectivity index is 0.667. The molecule has 96 heavy (non-hydrogen) atoms. The molecular weight excluding hydrogens is 1250 g/mol. The largest absolute Gasteiger partial charge is 0.434 e. The molecule has 16 aliphatic heterocycles. The molecule has 16 heterocycles. The fraction of sp³-hybridized carbons (Fsp3) is 0.943. The Morgan fingerprint density at radius 3 is 0.750 bits per heavy atom. The molecule has 4 spiro atoms. The highest BCUT2D eigenvalue weighted by atomic mass is 17.3. The monoisotopic (exact) mass is 1360 g/mol. The molecule has 16 saturated heterocycles. The van der Waals surface area contributed by atoms with Crippen LogP contribution in [0.4, 0.5) is 0 Å². The number of nitrogens with zero attached hydrogens (tertiary/aromatic N) is 2. The average molecular weight is 1360 g/mol. The van der Waals surface area contributed by atoms with E-state index >= 15 is 0 Å². The van der Waals surface area contributed by atoms with Gasteiger partial charge in [-0.05, 0) is 152 Å². The molecule has 20 aliphatic rings. The third-order valence-electron chi connectivity index (χ3n) is 27.5. The summed E-state index contributed by atoms with van der Waals surface area (Å²) in [6.07, 6.45) is 4.90. The molecule has 538 valence electrons. The number of ether oxygens (including phenoxy) is 12. The van der Waals surface area contributed by atoms with Crippen LogP contribution in [-0.4, -0.2) is 169 Å². The Labute approximate surface area is 562 Å². The highest BCUT2D eigenvalue weighted by molar-refractivity contribution is 5.76. The van der Waals surface area contributed by atoms with Gasteiger partial charge in [-0.15, -0.1) is 0 Å². The minimum absolute atomic E-state index is 0.0767. The summed E-state index contributed by atoms with van der Waals surface area (Å²) in [4.78, 5) is 112. The van der Waals surface area contributed by atoms with Gasteiger partial charge in [0.15, 0.2) is 47.6 Å². The lowest BCUT2D eigenvalue weighted by atomic mass is 9.58. The van der Waals surface area contributed by atoms with Crippen LogP contribution in [0.1, 0.15) is 186 Å². The summed E-state index contributed by atoms with van der Waals surface area (Å²) in [5, 5.41) is 0. The maximum atomic E-state index is 14.9. The molecule has 0 aromatic heterocycles. The summed E-state index contributed by atoms with van der Waals surface area (Å²) in [5.41, 5.74) is -3.61. The topological polar surface area (TPSA) is 259 Å². The van der Waals surface area contributed by atoms with Gasteiger partial charge in [-0.2, -0.15) is 0 Å². The van der Waals surface area contributed by atoms with Crippen LogP contribution in [0.3, 0.4) is 0 Å². The second-order valence-corrected chi connectivity index (χ2v) is 33.5. The van der Waals surface area contributed by atoms with Crippen molar-refractivity contribution in [2.24, 2.45) is 94.7 Å². The second kappa shape index (κ2) is 24.4. The lowest BCUT2D eigenvalue weighted by Crippen LogP contribution is -2.70. The van der Waals surface area contributed by atoms with E-state index in [-0.39, 0.29) is 84.1 Å². The molecule has 8 bridgehead atoms. The second-order valence-electron chi connectivity index (χ2n) is 33.5. The normalized spacial score (nSPS) is 53.9. The summed E-state index contributed by atoms with van der Waals surface area (Å²) < 4.78 is 78.8.